The van der Waals surface area contributed by atoms with Crippen LogP contribution in [0.5, 0.6) is 0 Å². The molecule has 1 aromatic carbocycles. The predicted molar refractivity (Wildman–Crippen MR) is 125 cm³/mol. The zero-order valence-corrected chi connectivity index (χ0v) is 19.1. The van der Waals surface area contributed by atoms with Gasteiger partial charge >= 0.3 is 0 Å². The number of likely N-dealkylation sites (tertiary alicyclic amines) is 1. The Labute approximate surface area is 190 Å². The Morgan fingerprint density at radius 1 is 1.00 bits per heavy atom. The summed E-state index contributed by atoms with van der Waals surface area (Å²) in [6.45, 7) is 5.01. The van der Waals surface area contributed by atoms with Crippen LogP contribution in [0.25, 0.3) is 0 Å². The summed E-state index contributed by atoms with van der Waals surface area (Å²) in [6.07, 6.45) is 7.33. The minimum atomic E-state index is -0.273. The zero-order valence-electron chi connectivity index (χ0n) is 19.1. The number of carbonyl (C=O) groups is 2. The lowest BCUT2D eigenvalue weighted by atomic mass is 10.1. The molecule has 7 heteroatoms. The van der Waals surface area contributed by atoms with Crippen LogP contribution in [0, 0.1) is 19.8 Å². The minimum absolute atomic E-state index is 0.0705. The first kappa shape index (κ1) is 22.2. The van der Waals surface area contributed by atoms with Gasteiger partial charge in [-0.2, -0.15) is 0 Å². The fraction of sp³-hybridized carbons (Fsp3) is 0.520. The fourth-order valence-corrected chi connectivity index (χ4v) is 4.80. The fourth-order valence-electron chi connectivity index (χ4n) is 4.80. The molecule has 0 radical (unpaired) electrons. The van der Waals surface area contributed by atoms with Crippen molar-refractivity contribution in [3.63, 3.8) is 0 Å². The molecule has 0 spiro atoms. The molecule has 2 heterocycles. The molecule has 2 aromatic rings. The van der Waals surface area contributed by atoms with Gasteiger partial charge in [-0.1, -0.05) is 25.7 Å². The molecule has 4 rings (SSSR count). The molecule has 1 unspecified atom stereocenters. The Bertz CT molecular complexity index is 931. The summed E-state index contributed by atoms with van der Waals surface area (Å²) in [7, 11) is 0. The van der Waals surface area contributed by atoms with Gasteiger partial charge in [0.15, 0.2) is 0 Å². The number of hydrogen-bond acceptors (Lipinski definition) is 5. The highest BCUT2D eigenvalue weighted by Crippen LogP contribution is 2.29. The van der Waals surface area contributed by atoms with E-state index in [1.807, 2.05) is 49.1 Å². The smallest absolute Gasteiger partial charge is 0.229 e. The van der Waals surface area contributed by atoms with Crippen LogP contribution in [0.1, 0.15) is 62.2 Å². The number of anilines is 2. The van der Waals surface area contributed by atoms with Crippen LogP contribution in [-0.4, -0.2) is 39.3 Å². The van der Waals surface area contributed by atoms with Crippen molar-refractivity contribution >= 4 is 23.2 Å². The first-order chi connectivity index (χ1) is 15.5. The SMILES string of the molecule is Cc1cc(C)nc(CNc2ccc(NC(=O)C3CC(=O)N(C4CCCCCC4)C3)cc2)n1. The Hall–Kier alpha value is -2.96. The number of nitrogens with zero attached hydrogens (tertiary/aromatic N) is 3. The lowest BCUT2D eigenvalue weighted by molar-refractivity contribution is -0.130. The maximum atomic E-state index is 12.8. The number of hydrogen-bond donors (Lipinski definition) is 2. The molecule has 1 aliphatic carbocycles. The van der Waals surface area contributed by atoms with Crippen molar-refractivity contribution in [1.82, 2.24) is 14.9 Å². The average Bonchev–Trinajstić information content (AvgIpc) is 2.96. The Morgan fingerprint density at radius 2 is 1.62 bits per heavy atom. The van der Waals surface area contributed by atoms with E-state index in [9.17, 15) is 9.59 Å². The maximum absolute atomic E-state index is 12.8. The van der Waals surface area contributed by atoms with Gasteiger partial charge in [-0.15, -0.1) is 0 Å². The molecule has 170 valence electrons. The largest absolute Gasteiger partial charge is 0.378 e. The van der Waals surface area contributed by atoms with Crippen LogP contribution in [-0.2, 0) is 16.1 Å². The molecular formula is C25H33N5O2. The molecular weight excluding hydrogens is 402 g/mol. The maximum Gasteiger partial charge on any atom is 0.229 e. The van der Waals surface area contributed by atoms with E-state index in [2.05, 4.69) is 20.6 Å². The highest BCUT2D eigenvalue weighted by Gasteiger charge is 2.37. The summed E-state index contributed by atoms with van der Waals surface area (Å²) < 4.78 is 0. The van der Waals surface area contributed by atoms with Gasteiger partial charge in [0, 0.05) is 41.8 Å². The van der Waals surface area contributed by atoms with Gasteiger partial charge < -0.3 is 15.5 Å². The molecule has 7 nitrogen and oxygen atoms in total. The zero-order chi connectivity index (χ0) is 22.5. The lowest BCUT2D eigenvalue weighted by Crippen LogP contribution is -2.37. The monoisotopic (exact) mass is 435 g/mol. The summed E-state index contributed by atoms with van der Waals surface area (Å²) in [5, 5.41) is 6.30. The topological polar surface area (TPSA) is 87.2 Å². The van der Waals surface area contributed by atoms with E-state index in [-0.39, 0.29) is 17.7 Å². The van der Waals surface area contributed by atoms with Gasteiger partial charge in [-0.05, 0) is 57.0 Å². The third-order valence-electron chi connectivity index (χ3n) is 6.43. The second-order valence-electron chi connectivity index (χ2n) is 9.08. The lowest BCUT2D eigenvalue weighted by Gasteiger charge is -2.27. The van der Waals surface area contributed by atoms with Gasteiger partial charge in [0.05, 0.1) is 12.5 Å². The van der Waals surface area contributed by atoms with Crippen LogP contribution < -0.4 is 10.6 Å². The predicted octanol–water partition coefficient (Wildman–Crippen LogP) is 4.22. The van der Waals surface area contributed by atoms with E-state index in [0.717, 1.165) is 41.4 Å². The molecule has 32 heavy (non-hydrogen) atoms. The standard InChI is InChI=1S/C25H33N5O2/c1-17-13-18(2)28-23(27-17)15-26-20-9-11-21(12-10-20)29-25(32)19-14-24(31)30(16-19)22-7-5-3-4-6-8-22/h9-13,19,22,26H,3-8,14-16H2,1-2H3,(H,29,32). The number of aryl methyl sites for hydroxylation is 2. The van der Waals surface area contributed by atoms with Crippen LogP contribution in [0.15, 0.2) is 30.3 Å². The van der Waals surface area contributed by atoms with E-state index >= 15 is 0 Å². The number of aromatic nitrogens is 2. The van der Waals surface area contributed by atoms with Crippen LogP contribution in [0.3, 0.4) is 0 Å². The summed E-state index contributed by atoms with van der Waals surface area (Å²) >= 11 is 0. The van der Waals surface area contributed by atoms with Gasteiger partial charge in [0.2, 0.25) is 11.8 Å². The molecule has 1 aromatic heterocycles. The molecule has 0 bridgehead atoms. The van der Waals surface area contributed by atoms with Crippen molar-refractivity contribution < 1.29 is 9.59 Å². The average molecular weight is 436 g/mol. The van der Waals surface area contributed by atoms with Gasteiger partial charge in [0.25, 0.3) is 0 Å². The summed E-state index contributed by atoms with van der Waals surface area (Å²) in [6, 6.07) is 9.88. The van der Waals surface area contributed by atoms with Crippen LogP contribution in [0.2, 0.25) is 0 Å². The second kappa shape index (κ2) is 10.1. The first-order valence-corrected chi connectivity index (χ1v) is 11.7. The number of carbonyl (C=O) groups excluding carboxylic acids is 2. The van der Waals surface area contributed by atoms with Gasteiger partial charge in [0.1, 0.15) is 5.82 Å². The van der Waals surface area contributed by atoms with Crippen molar-refractivity contribution in [2.24, 2.45) is 5.92 Å². The van der Waals surface area contributed by atoms with Crippen molar-refractivity contribution in [2.45, 2.75) is 71.4 Å². The molecule has 2 fully saturated rings. The van der Waals surface area contributed by atoms with Gasteiger partial charge in [-0.3, -0.25) is 9.59 Å². The van der Waals surface area contributed by atoms with Crippen molar-refractivity contribution in [2.75, 3.05) is 17.2 Å². The molecule has 1 saturated carbocycles. The first-order valence-electron chi connectivity index (χ1n) is 11.7. The minimum Gasteiger partial charge on any atom is -0.378 e. The van der Waals surface area contributed by atoms with E-state index < -0.39 is 0 Å². The van der Waals surface area contributed by atoms with E-state index in [0.29, 0.717) is 25.6 Å². The molecule has 1 aliphatic heterocycles. The molecule has 2 amide bonds. The number of amides is 2. The molecule has 1 saturated heterocycles. The quantitative estimate of drug-likeness (QED) is 0.664. The molecule has 1 atom stereocenters. The Morgan fingerprint density at radius 3 is 2.28 bits per heavy atom. The third kappa shape index (κ3) is 5.64. The van der Waals surface area contributed by atoms with Gasteiger partial charge in [-0.25, -0.2) is 9.97 Å². The molecule has 2 N–H and O–H groups in total. The van der Waals surface area contributed by atoms with E-state index in [1.54, 1.807) is 0 Å². The van der Waals surface area contributed by atoms with Crippen molar-refractivity contribution in [1.29, 1.82) is 0 Å². The normalized spacial score (nSPS) is 19.6. The number of benzene rings is 1. The summed E-state index contributed by atoms with van der Waals surface area (Å²) in [5.41, 5.74) is 3.58. The number of nitrogens with one attached hydrogen (secondary N) is 2. The Balaban J connectivity index is 1.29. The third-order valence-corrected chi connectivity index (χ3v) is 6.43. The van der Waals surface area contributed by atoms with E-state index in [1.165, 1.54) is 25.7 Å². The van der Waals surface area contributed by atoms with Crippen molar-refractivity contribution in [3.8, 4) is 0 Å². The van der Waals surface area contributed by atoms with E-state index in [4.69, 9.17) is 0 Å². The second-order valence-corrected chi connectivity index (χ2v) is 9.08. The molecule has 2 aliphatic rings. The van der Waals surface area contributed by atoms with Crippen LogP contribution >= 0.6 is 0 Å². The summed E-state index contributed by atoms with van der Waals surface area (Å²) in [5.74, 6) is 0.540. The number of rotatable bonds is 6. The Kier molecular flexibility index (Phi) is 7.02. The highest BCUT2D eigenvalue weighted by atomic mass is 16.2. The van der Waals surface area contributed by atoms with Crippen molar-refractivity contribution in [3.05, 3.63) is 47.5 Å². The highest BCUT2D eigenvalue weighted by molar-refractivity contribution is 5.97. The summed E-state index contributed by atoms with van der Waals surface area (Å²) in [4.78, 5) is 36.2. The van der Waals surface area contributed by atoms with Crippen LogP contribution in [0.4, 0.5) is 11.4 Å².